The maximum Gasteiger partial charge on any atom is 0.455 e. The first-order valence-electron chi connectivity index (χ1n) is 6.48. The summed E-state index contributed by atoms with van der Waals surface area (Å²) in [7, 11) is 0. The molecule has 1 aromatic heterocycles. The minimum Gasteiger partial charge on any atom is -0.284 e. The molecule has 0 saturated heterocycles. The first kappa shape index (κ1) is 16.5. The number of alkyl halides is 3. The summed E-state index contributed by atoms with van der Waals surface area (Å²) in [5, 5.41) is 4.62. The van der Waals surface area contributed by atoms with Crippen molar-refractivity contribution < 1.29 is 18.0 Å². The smallest absolute Gasteiger partial charge is 0.284 e. The van der Waals surface area contributed by atoms with Crippen molar-refractivity contribution in [1.82, 2.24) is 9.78 Å². The Labute approximate surface area is 130 Å². The fourth-order valence-electron chi connectivity index (χ4n) is 1.86. The van der Waals surface area contributed by atoms with Crippen LogP contribution in [0.5, 0.6) is 0 Å². The first-order valence-corrected chi connectivity index (χ1v) is 6.85. The van der Waals surface area contributed by atoms with Crippen LogP contribution in [-0.4, -0.2) is 21.7 Å². The molecular formula is C15H14ClF3N2O. The van der Waals surface area contributed by atoms with Crippen molar-refractivity contribution in [2.75, 3.05) is 0 Å². The second kappa shape index (κ2) is 5.43. The molecule has 0 spiro atoms. The van der Waals surface area contributed by atoms with Crippen LogP contribution < -0.4 is 0 Å². The molecule has 0 aliphatic heterocycles. The van der Waals surface area contributed by atoms with Gasteiger partial charge in [-0.1, -0.05) is 23.7 Å². The number of benzene rings is 1. The summed E-state index contributed by atoms with van der Waals surface area (Å²) in [6, 6.07) is 6.14. The van der Waals surface area contributed by atoms with Gasteiger partial charge in [-0.05, 0) is 32.9 Å². The molecule has 0 N–H and O–H groups in total. The van der Waals surface area contributed by atoms with Crippen molar-refractivity contribution in [3.05, 3.63) is 41.0 Å². The predicted octanol–water partition coefficient (Wildman–Crippen LogP) is 4.70. The van der Waals surface area contributed by atoms with Crippen LogP contribution >= 0.6 is 11.6 Å². The number of ketones is 1. The van der Waals surface area contributed by atoms with Crippen LogP contribution in [0.4, 0.5) is 13.2 Å². The fraction of sp³-hybridized carbons (Fsp3) is 0.333. The Bertz CT molecular complexity index is 697. The van der Waals surface area contributed by atoms with Crippen LogP contribution in [0, 0.1) is 0 Å². The molecule has 0 radical (unpaired) electrons. The molecule has 118 valence electrons. The molecule has 7 heteroatoms. The van der Waals surface area contributed by atoms with Gasteiger partial charge in [-0.3, -0.25) is 9.48 Å². The lowest BCUT2D eigenvalue weighted by atomic mass is 10.0. The van der Waals surface area contributed by atoms with E-state index in [9.17, 15) is 18.0 Å². The molecule has 1 heterocycles. The van der Waals surface area contributed by atoms with E-state index in [1.54, 1.807) is 20.8 Å². The zero-order valence-corrected chi connectivity index (χ0v) is 13.0. The van der Waals surface area contributed by atoms with Crippen LogP contribution in [0.15, 0.2) is 30.5 Å². The van der Waals surface area contributed by atoms with E-state index in [-0.39, 0.29) is 5.69 Å². The van der Waals surface area contributed by atoms with Crippen molar-refractivity contribution >= 4 is 17.4 Å². The van der Waals surface area contributed by atoms with Crippen molar-refractivity contribution in [2.45, 2.75) is 32.5 Å². The summed E-state index contributed by atoms with van der Waals surface area (Å²) in [6.07, 6.45) is -3.81. The molecular weight excluding hydrogens is 317 g/mol. The van der Waals surface area contributed by atoms with Crippen molar-refractivity contribution in [2.24, 2.45) is 0 Å². The maximum atomic E-state index is 12.8. The number of carbonyl (C=O) groups is 1. The van der Waals surface area contributed by atoms with Crippen molar-refractivity contribution in [3.63, 3.8) is 0 Å². The Morgan fingerprint density at radius 3 is 2.14 bits per heavy atom. The molecule has 0 atom stereocenters. The highest BCUT2D eigenvalue weighted by molar-refractivity contribution is 6.30. The summed E-state index contributed by atoms with van der Waals surface area (Å²) in [4.78, 5) is 11.7. The molecule has 0 saturated carbocycles. The van der Waals surface area contributed by atoms with Gasteiger partial charge in [0.2, 0.25) is 0 Å². The van der Waals surface area contributed by atoms with Gasteiger partial charge in [-0.2, -0.15) is 18.3 Å². The van der Waals surface area contributed by atoms with Crippen molar-refractivity contribution in [3.8, 4) is 11.3 Å². The van der Waals surface area contributed by atoms with Gasteiger partial charge in [-0.25, -0.2) is 0 Å². The summed E-state index contributed by atoms with van der Waals surface area (Å²) in [5.74, 6) is -1.91. The third kappa shape index (κ3) is 3.32. The predicted molar refractivity (Wildman–Crippen MR) is 78.1 cm³/mol. The highest BCUT2D eigenvalue weighted by atomic mass is 35.5. The number of nitrogens with zero attached hydrogens (tertiary/aromatic N) is 2. The van der Waals surface area contributed by atoms with Gasteiger partial charge < -0.3 is 0 Å². The second-order valence-corrected chi connectivity index (χ2v) is 6.28. The Kier molecular flexibility index (Phi) is 4.08. The minimum atomic E-state index is -4.95. The van der Waals surface area contributed by atoms with E-state index in [1.807, 2.05) is 0 Å². The number of carbonyl (C=O) groups excluding carboxylic acids is 1. The zero-order chi connectivity index (χ0) is 16.7. The van der Waals surface area contributed by atoms with Gasteiger partial charge in [0.25, 0.3) is 5.78 Å². The molecule has 2 rings (SSSR count). The molecule has 0 fully saturated rings. The van der Waals surface area contributed by atoms with Crippen LogP contribution in [0.25, 0.3) is 11.3 Å². The average molecular weight is 331 g/mol. The van der Waals surface area contributed by atoms with Gasteiger partial charge in [-0.15, -0.1) is 0 Å². The monoisotopic (exact) mass is 330 g/mol. The van der Waals surface area contributed by atoms with E-state index in [1.165, 1.54) is 28.9 Å². The number of rotatable bonds is 2. The topological polar surface area (TPSA) is 34.9 Å². The quantitative estimate of drug-likeness (QED) is 0.748. The fourth-order valence-corrected chi connectivity index (χ4v) is 1.98. The highest BCUT2D eigenvalue weighted by Crippen LogP contribution is 2.31. The van der Waals surface area contributed by atoms with E-state index in [0.29, 0.717) is 10.6 Å². The number of aromatic nitrogens is 2. The van der Waals surface area contributed by atoms with Crippen LogP contribution in [0.2, 0.25) is 5.02 Å². The summed E-state index contributed by atoms with van der Waals surface area (Å²) in [6.45, 7) is 5.36. The first-order chi connectivity index (χ1) is 10.00. The molecule has 3 nitrogen and oxygen atoms in total. The highest BCUT2D eigenvalue weighted by Gasteiger charge is 2.42. The summed E-state index contributed by atoms with van der Waals surface area (Å²) in [5.41, 5.74) is -0.621. The van der Waals surface area contributed by atoms with Crippen molar-refractivity contribution in [1.29, 1.82) is 0 Å². The molecule has 0 aliphatic carbocycles. The zero-order valence-electron chi connectivity index (χ0n) is 12.2. The van der Waals surface area contributed by atoms with E-state index < -0.39 is 23.1 Å². The third-order valence-corrected chi connectivity index (χ3v) is 3.27. The van der Waals surface area contributed by atoms with Crippen LogP contribution in [0.3, 0.4) is 0 Å². The molecule has 2 aromatic rings. The van der Waals surface area contributed by atoms with Gasteiger partial charge in [0.05, 0.1) is 11.1 Å². The van der Waals surface area contributed by atoms with Gasteiger partial charge in [0.15, 0.2) is 0 Å². The molecule has 22 heavy (non-hydrogen) atoms. The van der Waals surface area contributed by atoms with E-state index in [4.69, 9.17) is 11.6 Å². The number of hydrogen-bond donors (Lipinski definition) is 0. The van der Waals surface area contributed by atoms with Gasteiger partial charge >= 0.3 is 6.18 Å². The SMILES string of the molecule is CC(C)(C)n1cc(C(=O)C(F)(F)F)c(-c2ccc(Cl)cc2)n1. The number of hydrogen-bond acceptors (Lipinski definition) is 2. The lowest BCUT2D eigenvalue weighted by Crippen LogP contribution is -2.24. The van der Waals surface area contributed by atoms with Gasteiger partial charge in [0.1, 0.15) is 5.69 Å². The Hall–Kier alpha value is -1.82. The maximum absolute atomic E-state index is 12.8. The lowest BCUT2D eigenvalue weighted by molar-refractivity contribution is -0.0884. The normalized spacial score (nSPS) is 12.5. The van der Waals surface area contributed by atoms with Crippen LogP contribution in [0.1, 0.15) is 31.1 Å². The van der Waals surface area contributed by atoms with E-state index >= 15 is 0 Å². The minimum absolute atomic E-state index is 0.00563. The Balaban J connectivity index is 2.63. The summed E-state index contributed by atoms with van der Waals surface area (Å²) >= 11 is 5.78. The van der Waals surface area contributed by atoms with E-state index in [2.05, 4.69) is 5.10 Å². The average Bonchev–Trinajstić information content (AvgIpc) is 2.82. The van der Waals surface area contributed by atoms with E-state index in [0.717, 1.165) is 6.20 Å². The number of Topliss-reactive ketones (excluding diaryl/α,β-unsaturated/α-hetero) is 1. The Morgan fingerprint density at radius 1 is 1.14 bits per heavy atom. The largest absolute Gasteiger partial charge is 0.455 e. The molecule has 0 aliphatic rings. The molecule has 0 bridgehead atoms. The van der Waals surface area contributed by atoms with Gasteiger partial charge in [0, 0.05) is 16.8 Å². The standard InChI is InChI=1S/C15H14ClF3N2O/c1-14(2,3)21-8-11(13(22)15(17,18)19)12(20-21)9-4-6-10(16)7-5-9/h4-8H,1-3H3. The summed E-state index contributed by atoms with van der Waals surface area (Å²) < 4.78 is 39.7. The third-order valence-electron chi connectivity index (χ3n) is 3.02. The lowest BCUT2D eigenvalue weighted by Gasteiger charge is -2.18. The molecule has 0 amide bonds. The number of halogens is 4. The molecule has 1 aromatic carbocycles. The second-order valence-electron chi connectivity index (χ2n) is 5.84. The molecule has 0 unspecified atom stereocenters. The van der Waals surface area contributed by atoms with Crippen LogP contribution in [-0.2, 0) is 5.54 Å². The Morgan fingerprint density at radius 2 is 1.68 bits per heavy atom.